The summed E-state index contributed by atoms with van der Waals surface area (Å²) in [6.07, 6.45) is -3.35. The zero-order valence-corrected chi connectivity index (χ0v) is 18.8. The van der Waals surface area contributed by atoms with E-state index in [2.05, 4.69) is 26.1 Å². The second-order valence-electron chi connectivity index (χ2n) is 6.91. The molecule has 30 heavy (non-hydrogen) atoms. The zero-order valence-electron chi connectivity index (χ0n) is 16.4. The summed E-state index contributed by atoms with van der Waals surface area (Å²) in [5.41, 5.74) is -0.395. The number of amides is 1. The molecule has 3 heterocycles. The maximum atomic E-state index is 13.0. The first kappa shape index (κ1) is 22.7. The fraction of sp³-hybridized carbons (Fsp3) is 0.562. The highest BCUT2D eigenvalue weighted by atomic mass is 79.9. The summed E-state index contributed by atoms with van der Waals surface area (Å²) in [5.74, 6) is -0.434. The molecule has 14 heteroatoms. The van der Waals surface area contributed by atoms with Crippen LogP contribution in [-0.2, 0) is 34.6 Å². The highest BCUT2D eigenvalue weighted by molar-refractivity contribution is 9.10. The highest BCUT2D eigenvalue weighted by Crippen LogP contribution is 2.35. The summed E-state index contributed by atoms with van der Waals surface area (Å²) in [6.45, 7) is 3.14. The molecule has 1 aliphatic heterocycles. The number of rotatable bonds is 4. The lowest BCUT2D eigenvalue weighted by Crippen LogP contribution is -2.51. The molecule has 0 aliphatic carbocycles. The minimum Gasteiger partial charge on any atom is -0.338 e. The van der Waals surface area contributed by atoms with Crippen LogP contribution in [0.1, 0.15) is 17.1 Å². The Hall–Kier alpha value is -1.93. The van der Waals surface area contributed by atoms with E-state index >= 15 is 0 Å². The van der Waals surface area contributed by atoms with Gasteiger partial charge in [-0.25, -0.2) is 8.42 Å². The second-order valence-corrected chi connectivity index (χ2v) is 9.61. The molecular formula is C16H20BrF3N6O3S. The van der Waals surface area contributed by atoms with Gasteiger partial charge in [-0.1, -0.05) is 0 Å². The van der Waals surface area contributed by atoms with Gasteiger partial charge in [0.25, 0.3) is 0 Å². The second kappa shape index (κ2) is 7.96. The van der Waals surface area contributed by atoms with Gasteiger partial charge in [0.1, 0.15) is 11.4 Å². The highest BCUT2D eigenvalue weighted by Gasteiger charge is 2.38. The van der Waals surface area contributed by atoms with Crippen LogP contribution in [-0.4, -0.2) is 69.3 Å². The Kier molecular flexibility index (Phi) is 6.04. The van der Waals surface area contributed by atoms with Crippen molar-refractivity contribution in [3.05, 3.63) is 27.8 Å². The predicted molar refractivity (Wildman–Crippen MR) is 103 cm³/mol. The maximum Gasteiger partial charge on any atom is 0.436 e. The van der Waals surface area contributed by atoms with Crippen molar-refractivity contribution in [2.24, 2.45) is 7.05 Å². The van der Waals surface area contributed by atoms with E-state index in [1.807, 2.05) is 0 Å². The Labute approximate surface area is 179 Å². The largest absolute Gasteiger partial charge is 0.436 e. The zero-order chi connectivity index (χ0) is 22.4. The Morgan fingerprint density at radius 3 is 2.23 bits per heavy atom. The quantitative estimate of drug-likeness (QED) is 0.619. The van der Waals surface area contributed by atoms with Gasteiger partial charge in [0, 0.05) is 33.2 Å². The number of carbonyl (C=O) groups is 1. The third-order valence-corrected chi connectivity index (χ3v) is 8.04. The van der Waals surface area contributed by atoms with E-state index < -0.39 is 27.8 Å². The molecule has 3 rings (SSSR count). The number of alkyl halides is 3. The van der Waals surface area contributed by atoms with E-state index in [0.717, 1.165) is 4.68 Å². The van der Waals surface area contributed by atoms with Crippen LogP contribution in [0.3, 0.4) is 0 Å². The van der Waals surface area contributed by atoms with Gasteiger partial charge in [0.15, 0.2) is 5.69 Å². The van der Waals surface area contributed by atoms with Crippen molar-refractivity contribution in [2.45, 2.75) is 31.5 Å². The van der Waals surface area contributed by atoms with Crippen LogP contribution < -0.4 is 0 Å². The molecule has 1 fully saturated rings. The fourth-order valence-corrected chi connectivity index (χ4v) is 5.25. The maximum absolute atomic E-state index is 13.0. The van der Waals surface area contributed by atoms with Gasteiger partial charge in [0.2, 0.25) is 15.9 Å². The normalized spacial score (nSPS) is 16.3. The summed E-state index contributed by atoms with van der Waals surface area (Å²) < 4.78 is 68.1. The van der Waals surface area contributed by atoms with E-state index in [4.69, 9.17) is 0 Å². The van der Waals surface area contributed by atoms with Crippen molar-refractivity contribution < 1.29 is 26.4 Å². The number of carbonyl (C=O) groups excluding carboxylic acids is 1. The summed E-state index contributed by atoms with van der Waals surface area (Å²) in [6, 6.07) is 0. The molecule has 9 nitrogen and oxygen atoms in total. The molecule has 0 atom stereocenters. The number of hydrogen-bond donors (Lipinski definition) is 0. The molecule has 1 amide bonds. The number of hydrogen-bond acceptors (Lipinski definition) is 5. The SMILES string of the molecule is Cc1c(S(=O)(=O)N2CCN(C(=O)Cn3nc(C(F)(F)F)c(Br)c3C)CC2)cnn1C. The lowest BCUT2D eigenvalue weighted by atomic mass is 10.3. The number of sulfonamides is 1. The van der Waals surface area contributed by atoms with Gasteiger partial charge in [-0.15, -0.1) is 0 Å². The van der Waals surface area contributed by atoms with Crippen molar-refractivity contribution in [3.8, 4) is 0 Å². The van der Waals surface area contributed by atoms with E-state index in [0.29, 0.717) is 5.69 Å². The molecule has 1 saturated heterocycles. The Morgan fingerprint density at radius 2 is 1.77 bits per heavy atom. The molecule has 2 aromatic rings. The minimum absolute atomic E-state index is 0.0813. The summed E-state index contributed by atoms with van der Waals surface area (Å²) >= 11 is 2.87. The molecule has 0 saturated carbocycles. The number of halogens is 4. The van der Waals surface area contributed by atoms with Crippen LogP contribution >= 0.6 is 15.9 Å². The molecule has 0 aromatic carbocycles. The van der Waals surface area contributed by atoms with Gasteiger partial charge in [0.05, 0.1) is 22.1 Å². The van der Waals surface area contributed by atoms with E-state index in [-0.39, 0.29) is 47.8 Å². The predicted octanol–water partition coefficient (Wildman–Crippen LogP) is 1.55. The van der Waals surface area contributed by atoms with Crippen molar-refractivity contribution in [2.75, 3.05) is 26.2 Å². The Balaban J connectivity index is 1.67. The lowest BCUT2D eigenvalue weighted by Gasteiger charge is -2.34. The van der Waals surface area contributed by atoms with Crippen LogP contribution in [0.2, 0.25) is 0 Å². The van der Waals surface area contributed by atoms with Crippen molar-refractivity contribution in [1.29, 1.82) is 0 Å². The van der Waals surface area contributed by atoms with Crippen LogP contribution in [0.25, 0.3) is 0 Å². The van der Waals surface area contributed by atoms with Crippen LogP contribution in [0.4, 0.5) is 13.2 Å². The summed E-state index contributed by atoms with van der Waals surface area (Å²) in [4.78, 5) is 14.1. The van der Waals surface area contributed by atoms with Crippen molar-refractivity contribution in [1.82, 2.24) is 28.8 Å². The molecule has 166 valence electrons. The average molecular weight is 513 g/mol. The van der Waals surface area contributed by atoms with Crippen LogP contribution in [0.5, 0.6) is 0 Å². The van der Waals surface area contributed by atoms with E-state index in [9.17, 15) is 26.4 Å². The third-order valence-electron chi connectivity index (χ3n) is 5.09. The van der Waals surface area contributed by atoms with Gasteiger partial charge < -0.3 is 4.90 Å². The molecule has 0 N–H and O–H groups in total. The number of nitrogens with zero attached hydrogens (tertiary/aromatic N) is 6. The van der Waals surface area contributed by atoms with Gasteiger partial charge in [-0.05, 0) is 29.8 Å². The number of piperazine rings is 1. The summed E-state index contributed by atoms with van der Waals surface area (Å²) in [7, 11) is -2.10. The Bertz CT molecular complexity index is 1070. The van der Waals surface area contributed by atoms with Crippen molar-refractivity contribution in [3.63, 3.8) is 0 Å². The van der Waals surface area contributed by atoms with E-state index in [1.54, 1.807) is 14.0 Å². The van der Waals surface area contributed by atoms with Gasteiger partial charge in [-0.2, -0.15) is 27.7 Å². The van der Waals surface area contributed by atoms with Crippen LogP contribution in [0.15, 0.2) is 15.6 Å². The smallest absolute Gasteiger partial charge is 0.338 e. The number of aromatic nitrogens is 4. The first-order valence-electron chi connectivity index (χ1n) is 8.90. The molecule has 0 spiro atoms. The topological polar surface area (TPSA) is 93.3 Å². The van der Waals surface area contributed by atoms with Gasteiger partial charge in [-0.3, -0.25) is 14.2 Å². The molecule has 0 radical (unpaired) electrons. The Morgan fingerprint density at radius 1 is 1.17 bits per heavy atom. The molecule has 0 unspecified atom stereocenters. The standard InChI is InChI=1S/C16H20BrF3N6O3S/c1-10-12(8-21-23(10)3)30(28,29)25-6-4-24(5-7-25)13(27)9-26-11(2)14(17)15(22-26)16(18,19)20/h8H,4-7,9H2,1-3H3. The van der Waals surface area contributed by atoms with E-state index in [1.165, 1.54) is 27.0 Å². The minimum atomic E-state index is -4.64. The monoisotopic (exact) mass is 512 g/mol. The van der Waals surface area contributed by atoms with Gasteiger partial charge >= 0.3 is 6.18 Å². The first-order chi connectivity index (χ1) is 13.8. The molecule has 2 aromatic heterocycles. The third kappa shape index (κ3) is 4.12. The molecule has 0 bridgehead atoms. The van der Waals surface area contributed by atoms with Crippen LogP contribution in [0, 0.1) is 13.8 Å². The number of aryl methyl sites for hydroxylation is 1. The molecule has 1 aliphatic rings. The first-order valence-corrected chi connectivity index (χ1v) is 11.1. The average Bonchev–Trinajstić information content (AvgIpc) is 3.16. The molecular weight excluding hydrogens is 493 g/mol. The van der Waals surface area contributed by atoms with Crippen molar-refractivity contribution >= 4 is 31.9 Å². The fourth-order valence-electron chi connectivity index (χ4n) is 3.14. The lowest BCUT2D eigenvalue weighted by molar-refractivity contribution is -0.142. The summed E-state index contributed by atoms with van der Waals surface area (Å²) in [5, 5.41) is 7.46.